The lowest BCUT2D eigenvalue weighted by Gasteiger charge is -2.25. The summed E-state index contributed by atoms with van der Waals surface area (Å²) in [5, 5.41) is 2.56. The number of fused-ring (bicyclic) bond motifs is 1. The standard InChI is InChI=1S/C22H16FNO3/c23-18-8-4-5-9-19(18)24-21(25)15-10-11-17-16(12-15)13-20(27-22(17)26)14-6-2-1-3-7-14/h1-12,20H,13H2,(H,24,25). The Balaban J connectivity index is 1.60. The van der Waals surface area contributed by atoms with Gasteiger partial charge in [-0.3, -0.25) is 4.79 Å². The van der Waals surface area contributed by atoms with Crippen LogP contribution in [0.25, 0.3) is 0 Å². The van der Waals surface area contributed by atoms with E-state index in [1.165, 1.54) is 12.1 Å². The van der Waals surface area contributed by atoms with E-state index in [1.807, 2.05) is 30.3 Å². The fraction of sp³-hybridized carbons (Fsp3) is 0.0909. The number of para-hydroxylation sites is 1. The van der Waals surface area contributed by atoms with Crippen molar-refractivity contribution in [3.8, 4) is 0 Å². The molecule has 1 atom stereocenters. The molecule has 0 spiro atoms. The first-order valence-electron chi connectivity index (χ1n) is 8.56. The number of ether oxygens (including phenoxy) is 1. The monoisotopic (exact) mass is 361 g/mol. The maximum atomic E-state index is 13.8. The number of benzene rings is 3. The number of halogens is 1. The van der Waals surface area contributed by atoms with Crippen molar-refractivity contribution < 1.29 is 18.7 Å². The highest BCUT2D eigenvalue weighted by atomic mass is 19.1. The molecule has 0 saturated heterocycles. The van der Waals surface area contributed by atoms with Gasteiger partial charge in [-0.15, -0.1) is 0 Å². The number of rotatable bonds is 3. The van der Waals surface area contributed by atoms with Crippen LogP contribution in [0.15, 0.2) is 72.8 Å². The molecular weight excluding hydrogens is 345 g/mol. The number of carbonyl (C=O) groups excluding carboxylic acids is 2. The van der Waals surface area contributed by atoms with Crippen LogP contribution in [0.4, 0.5) is 10.1 Å². The van der Waals surface area contributed by atoms with E-state index in [4.69, 9.17) is 4.74 Å². The first-order chi connectivity index (χ1) is 13.1. The molecule has 4 rings (SSSR count). The highest BCUT2D eigenvalue weighted by Gasteiger charge is 2.28. The molecule has 0 bridgehead atoms. The summed E-state index contributed by atoms with van der Waals surface area (Å²) in [5.74, 6) is -1.35. The van der Waals surface area contributed by atoms with E-state index in [1.54, 1.807) is 30.3 Å². The van der Waals surface area contributed by atoms with Crippen LogP contribution in [-0.2, 0) is 11.2 Å². The highest BCUT2D eigenvalue weighted by Crippen LogP contribution is 2.31. The molecule has 1 aliphatic heterocycles. The summed E-state index contributed by atoms with van der Waals surface area (Å²) in [5.41, 5.74) is 2.56. The van der Waals surface area contributed by atoms with Gasteiger partial charge in [0.05, 0.1) is 11.3 Å². The second-order valence-corrected chi connectivity index (χ2v) is 6.31. The van der Waals surface area contributed by atoms with Crippen molar-refractivity contribution in [2.75, 3.05) is 5.32 Å². The lowest BCUT2D eigenvalue weighted by Crippen LogP contribution is -2.23. The third-order valence-corrected chi connectivity index (χ3v) is 4.54. The summed E-state index contributed by atoms with van der Waals surface area (Å²) in [6, 6.07) is 20.2. The van der Waals surface area contributed by atoms with E-state index < -0.39 is 23.8 Å². The quantitative estimate of drug-likeness (QED) is 0.697. The first-order valence-corrected chi connectivity index (χ1v) is 8.56. The minimum atomic E-state index is -0.503. The molecule has 4 nitrogen and oxygen atoms in total. The molecule has 134 valence electrons. The van der Waals surface area contributed by atoms with Gasteiger partial charge in [-0.25, -0.2) is 9.18 Å². The average Bonchev–Trinajstić information content (AvgIpc) is 2.70. The lowest BCUT2D eigenvalue weighted by molar-refractivity contribution is 0.0252. The number of esters is 1. The fourth-order valence-corrected chi connectivity index (χ4v) is 3.15. The van der Waals surface area contributed by atoms with Crippen molar-refractivity contribution in [1.29, 1.82) is 0 Å². The zero-order valence-corrected chi connectivity index (χ0v) is 14.3. The molecular formula is C22H16FNO3. The molecule has 1 aliphatic rings. The fourth-order valence-electron chi connectivity index (χ4n) is 3.15. The van der Waals surface area contributed by atoms with Gasteiger partial charge in [-0.2, -0.15) is 0 Å². The zero-order valence-electron chi connectivity index (χ0n) is 14.3. The predicted octanol–water partition coefficient (Wildman–Crippen LogP) is 4.53. The summed E-state index contributed by atoms with van der Waals surface area (Å²) in [6.45, 7) is 0. The van der Waals surface area contributed by atoms with Crippen molar-refractivity contribution in [3.05, 3.63) is 101 Å². The van der Waals surface area contributed by atoms with Crippen LogP contribution in [-0.4, -0.2) is 11.9 Å². The van der Waals surface area contributed by atoms with Crippen LogP contribution >= 0.6 is 0 Å². The number of amides is 1. The number of hydrogen-bond acceptors (Lipinski definition) is 3. The molecule has 1 N–H and O–H groups in total. The van der Waals surface area contributed by atoms with Gasteiger partial charge in [0.25, 0.3) is 5.91 Å². The summed E-state index contributed by atoms with van der Waals surface area (Å²) in [4.78, 5) is 24.8. The maximum absolute atomic E-state index is 13.8. The Morgan fingerprint density at radius 3 is 2.52 bits per heavy atom. The van der Waals surface area contributed by atoms with E-state index in [0.717, 1.165) is 11.1 Å². The van der Waals surface area contributed by atoms with E-state index in [2.05, 4.69) is 5.32 Å². The third-order valence-electron chi connectivity index (χ3n) is 4.54. The molecule has 0 radical (unpaired) electrons. The Morgan fingerprint density at radius 1 is 1.00 bits per heavy atom. The maximum Gasteiger partial charge on any atom is 0.339 e. The molecule has 0 aromatic heterocycles. The van der Waals surface area contributed by atoms with E-state index in [0.29, 0.717) is 17.5 Å². The van der Waals surface area contributed by atoms with Crippen molar-refractivity contribution in [2.45, 2.75) is 12.5 Å². The van der Waals surface area contributed by atoms with Crippen LogP contribution in [0.5, 0.6) is 0 Å². The number of cyclic esters (lactones) is 1. The number of carbonyl (C=O) groups is 2. The van der Waals surface area contributed by atoms with Gasteiger partial charge in [0.1, 0.15) is 11.9 Å². The van der Waals surface area contributed by atoms with Crippen molar-refractivity contribution >= 4 is 17.6 Å². The molecule has 0 aliphatic carbocycles. The highest BCUT2D eigenvalue weighted by molar-refractivity contribution is 6.05. The van der Waals surface area contributed by atoms with Gasteiger partial charge in [0, 0.05) is 12.0 Å². The predicted molar refractivity (Wildman–Crippen MR) is 99.1 cm³/mol. The van der Waals surface area contributed by atoms with Gasteiger partial charge in [-0.05, 0) is 41.5 Å². The van der Waals surface area contributed by atoms with Crippen molar-refractivity contribution in [2.24, 2.45) is 0 Å². The van der Waals surface area contributed by atoms with Crippen LogP contribution in [0, 0.1) is 5.82 Å². The van der Waals surface area contributed by atoms with E-state index >= 15 is 0 Å². The molecule has 5 heteroatoms. The van der Waals surface area contributed by atoms with Gasteiger partial charge >= 0.3 is 5.97 Å². The molecule has 0 saturated carbocycles. The SMILES string of the molecule is O=C(Nc1ccccc1F)c1ccc2c(c1)CC(c1ccccc1)OC2=O. The minimum absolute atomic E-state index is 0.113. The molecule has 1 amide bonds. The average molecular weight is 361 g/mol. The molecule has 1 unspecified atom stereocenters. The summed E-state index contributed by atoms with van der Waals surface area (Å²) in [7, 11) is 0. The van der Waals surface area contributed by atoms with Gasteiger partial charge in [-0.1, -0.05) is 42.5 Å². The Morgan fingerprint density at radius 2 is 1.74 bits per heavy atom. The van der Waals surface area contributed by atoms with Crippen molar-refractivity contribution in [3.63, 3.8) is 0 Å². The zero-order chi connectivity index (χ0) is 18.8. The summed E-state index contributed by atoms with van der Waals surface area (Å²) in [6.07, 6.45) is 0.0856. The van der Waals surface area contributed by atoms with Crippen LogP contribution < -0.4 is 5.32 Å². The van der Waals surface area contributed by atoms with Gasteiger partial charge in [0.15, 0.2) is 0 Å². The van der Waals surface area contributed by atoms with Gasteiger partial charge in [0.2, 0.25) is 0 Å². The summed E-state index contributed by atoms with van der Waals surface area (Å²) >= 11 is 0. The normalized spacial score (nSPS) is 15.6. The summed E-state index contributed by atoms with van der Waals surface area (Å²) < 4.78 is 19.3. The van der Waals surface area contributed by atoms with Crippen molar-refractivity contribution in [1.82, 2.24) is 0 Å². The topological polar surface area (TPSA) is 55.4 Å². The smallest absolute Gasteiger partial charge is 0.339 e. The van der Waals surface area contributed by atoms with E-state index in [9.17, 15) is 14.0 Å². The number of anilines is 1. The van der Waals surface area contributed by atoms with Crippen LogP contribution in [0.3, 0.4) is 0 Å². The number of nitrogens with one attached hydrogen (secondary N) is 1. The molecule has 3 aromatic rings. The Bertz CT molecular complexity index is 1020. The Labute approximate surface area is 155 Å². The largest absolute Gasteiger partial charge is 0.454 e. The number of hydrogen-bond donors (Lipinski definition) is 1. The Hall–Kier alpha value is -3.47. The molecule has 0 fully saturated rings. The first kappa shape index (κ1) is 17.0. The van der Waals surface area contributed by atoms with E-state index in [-0.39, 0.29) is 5.69 Å². The minimum Gasteiger partial charge on any atom is -0.454 e. The molecule has 3 aromatic carbocycles. The van der Waals surface area contributed by atoms with Crippen LogP contribution in [0.1, 0.15) is 37.9 Å². The second kappa shape index (κ2) is 7.03. The third kappa shape index (κ3) is 3.44. The second-order valence-electron chi connectivity index (χ2n) is 6.31. The van der Waals surface area contributed by atoms with Gasteiger partial charge < -0.3 is 10.1 Å². The van der Waals surface area contributed by atoms with Crippen LogP contribution in [0.2, 0.25) is 0 Å². The lowest BCUT2D eigenvalue weighted by atomic mass is 9.93. The molecule has 1 heterocycles. The molecule has 27 heavy (non-hydrogen) atoms. The Kier molecular flexibility index (Phi) is 4.42.